The summed E-state index contributed by atoms with van der Waals surface area (Å²) in [5, 5.41) is 3.37. The summed E-state index contributed by atoms with van der Waals surface area (Å²) in [6, 6.07) is 4.98. The van der Waals surface area contributed by atoms with Crippen molar-refractivity contribution >= 4 is 15.9 Å². The van der Waals surface area contributed by atoms with Crippen LogP contribution < -0.4 is 5.32 Å². The average Bonchev–Trinajstić information content (AvgIpc) is 2.34. The van der Waals surface area contributed by atoms with E-state index in [0.29, 0.717) is 17.3 Å². The van der Waals surface area contributed by atoms with Gasteiger partial charge in [0.15, 0.2) is 0 Å². The minimum atomic E-state index is -1.26. The van der Waals surface area contributed by atoms with Crippen molar-refractivity contribution in [3.8, 4) is 0 Å². The molecule has 2 atom stereocenters. The van der Waals surface area contributed by atoms with Crippen molar-refractivity contribution in [2.75, 3.05) is 6.54 Å². The maximum Gasteiger partial charge on any atom is 0.137 e. The predicted molar refractivity (Wildman–Crippen MR) is 77.6 cm³/mol. The number of nitrogens with one attached hydrogen (secondary N) is 1. The Balaban J connectivity index is 1.96. The zero-order valence-electron chi connectivity index (χ0n) is 11.2. The number of hydrogen-bond donors (Lipinski definition) is 1. The summed E-state index contributed by atoms with van der Waals surface area (Å²) in [7, 11) is 0. The molecule has 1 N–H and O–H groups in total. The fourth-order valence-electron chi connectivity index (χ4n) is 2.76. The Kier molecular flexibility index (Phi) is 4.96. The van der Waals surface area contributed by atoms with E-state index in [1.165, 1.54) is 18.9 Å². The van der Waals surface area contributed by atoms with Gasteiger partial charge in [-0.05, 0) is 66.4 Å². The van der Waals surface area contributed by atoms with Crippen LogP contribution in [0.15, 0.2) is 22.7 Å². The van der Waals surface area contributed by atoms with Crippen LogP contribution in [0.5, 0.6) is 0 Å². The highest BCUT2D eigenvalue weighted by Crippen LogP contribution is 2.27. The minimum absolute atomic E-state index is 0.271. The molecule has 1 fully saturated rings. The molecule has 0 amide bonds. The van der Waals surface area contributed by atoms with Gasteiger partial charge in [0, 0.05) is 12.5 Å². The van der Waals surface area contributed by atoms with Gasteiger partial charge >= 0.3 is 0 Å². The van der Waals surface area contributed by atoms with E-state index in [2.05, 4.69) is 21.2 Å². The Bertz CT molecular complexity index is 428. The van der Waals surface area contributed by atoms with Crippen LogP contribution in [0.2, 0.25) is 0 Å². The second kappa shape index (κ2) is 6.31. The molecule has 0 saturated carbocycles. The fraction of sp³-hybridized carbons (Fsp3) is 0.600. The highest BCUT2D eigenvalue weighted by molar-refractivity contribution is 9.10. The molecule has 1 nitrogen and oxygen atoms in total. The lowest BCUT2D eigenvalue weighted by atomic mass is 9.88. The maximum absolute atomic E-state index is 14.6. The predicted octanol–water partition coefficient (Wildman–Crippen LogP) is 4.39. The quantitative estimate of drug-likeness (QED) is 0.862. The Morgan fingerprint density at radius 2 is 2.21 bits per heavy atom. The summed E-state index contributed by atoms with van der Waals surface area (Å²) >= 11 is 3.14. The molecule has 2 rings (SSSR count). The number of hydrogen-bond acceptors (Lipinski definition) is 1. The van der Waals surface area contributed by atoms with Gasteiger partial charge < -0.3 is 5.32 Å². The van der Waals surface area contributed by atoms with Crippen molar-refractivity contribution in [2.24, 2.45) is 0 Å². The SMILES string of the molecule is CC(F)(Cc1ccc(F)c(Br)c1)CC1CCCCN1. The van der Waals surface area contributed by atoms with Gasteiger partial charge in [-0.2, -0.15) is 0 Å². The van der Waals surface area contributed by atoms with Crippen LogP contribution in [0, 0.1) is 5.82 Å². The number of piperidine rings is 1. The average molecular weight is 332 g/mol. The lowest BCUT2D eigenvalue weighted by Gasteiger charge is -2.30. The molecule has 1 aliphatic heterocycles. The molecule has 106 valence electrons. The molecule has 1 aliphatic rings. The molecule has 4 heteroatoms. The van der Waals surface area contributed by atoms with Crippen LogP contribution in [0.4, 0.5) is 8.78 Å². The van der Waals surface area contributed by atoms with Crippen molar-refractivity contribution in [2.45, 2.75) is 50.7 Å². The standard InChI is InChI=1S/C15H20BrF2N/c1-15(18,10-12-4-2-3-7-19-12)9-11-5-6-14(17)13(16)8-11/h5-6,8,12,19H,2-4,7,9-10H2,1H3. The molecule has 1 aromatic carbocycles. The molecule has 0 aromatic heterocycles. The molecule has 0 bridgehead atoms. The number of rotatable bonds is 4. The summed E-state index contributed by atoms with van der Waals surface area (Å²) in [5.41, 5.74) is -0.430. The van der Waals surface area contributed by atoms with E-state index >= 15 is 0 Å². The topological polar surface area (TPSA) is 12.0 Å². The zero-order chi connectivity index (χ0) is 13.9. The van der Waals surface area contributed by atoms with Crippen LogP contribution in [-0.4, -0.2) is 18.3 Å². The van der Waals surface area contributed by atoms with Crippen LogP contribution in [0.3, 0.4) is 0 Å². The first-order valence-electron chi connectivity index (χ1n) is 6.82. The third-order valence-electron chi connectivity index (χ3n) is 3.64. The summed E-state index contributed by atoms with van der Waals surface area (Å²) in [6.07, 6.45) is 4.25. The molecule has 1 heterocycles. The first kappa shape index (κ1) is 14.9. The molecular formula is C15H20BrF2N. The van der Waals surface area contributed by atoms with Crippen molar-refractivity contribution in [1.29, 1.82) is 0 Å². The maximum atomic E-state index is 14.6. The number of benzene rings is 1. The van der Waals surface area contributed by atoms with Gasteiger partial charge in [-0.1, -0.05) is 12.5 Å². The first-order chi connectivity index (χ1) is 8.96. The second-order valence-corrected chi connectivity index (χ2v) is 6.54. The third kappa shape index (κ3) is 4.53. The summed E-state index contributed by atoms with van der Waals surface area (Å²) < 4.78 is 28.2. The minimum Gasteiger partial charge on any atom is -0.314 e. The van der Waals surface area contributed by atoms with E-state index in [9.17, 15) is 8.78 Å². The first-order valence-corrected chi connectivity index (χ1v) is 7.62. The van der Waals surface area contributed by atoms with Crippen LogP contribution in [0.1, 0.15) is 38.2 Å². The molecule has 0 aliphatic carbocycles. The van der Waals surface area contributed by atoms with Gasteiger partial charge in [-0.3, -0.25) is 0 Å². The second-order valence-electron chi connectivity index (χ2n) is 5.69. The van der Waals surface area contributed by atoms with E-state index < -0.39 is 5.67 Å². The van der Waals surface area contributed by atoms with Crippen LogP contribution >= 0.6 is 15.9 Å². The Morgan fingerprint density at radius 1 is 1.42 bits per heavy atom. The smallest absolute Gasteiger partial charge is 0.137 e. The van der Waals surface area contributed by atoms with Gasteiger partial charge in [0.05, 0.1) is 4.47 Å². The Labute approximate surface area is 121 Å². The number of alkyl halides is 1. The monoisotopic (exact) mass is 331 g/mol. The molecule has 0 radical (unpaired) electrons. The van der Waals surface area contributed by atoms with Gasteiger partial charge in [0.25, 0.3) is 0 Å². The lowest BCUT2D eigenvalue weighted by Crippen LogP contribution is -2.40. The van der Waals surface area contributed by atoms with E-state index in [-0.39, 0.29) is 11.9 Å². The van der Waals surface area contributed by atoms with Crippen molar-refractivity contribution < 1.29 is 8.78 Å². The fourth-order valence-corrected chi connectivity index (χ4v) is 3.19. The van der Waals surface area contributed by atoms with Gasteiger partial charge in [0.2, 0.25) is 0 Å². The van der Waals surface area contributed by atoms with E-state index in [1.807, 2.05) is 0 Å². The Morgan fingerprint density at radius 3 is 2.84 bits per heavy atom. The van der Waals surface area contributed by atoms with Crippen molar-refractivity contribution in [3.05, 3.63) is 34.1 Å². The molecule has 1 aromatic rings. The molecule has 19 heavy (non-hydrogen) atoms. The van der Waals surface area contributed by atoms with Crippen molar-refractivity contribution in [3.63, 3.8) is 0 Å². The molecule has 2 unspecified atom stereocenters. The summed E-state index contributed by atoms with van der Waals surface area (Å²) in [6.45, 7) is 2.63. The zero-order valence-corrected chi connectivity index (χ0v) is 12.8. The van der Waals surface area contributed by atoms with E-state index in [1.54, 1.807) is 19.1 Å². The van der Waals surface area contributed by atoms with E-state index in [0.717, 1.165) is 18.5 Å². The van der Waals surface area contributed by atoms with E-state index in [4.69, 9.17) is 0 Å². The molecule has 0 spiro atoms. The summed E-state index contributed by atoms with van der Waals surface area (Å²) in [4.78, 5) is 0. The van der Waals surface area contributed by atoms with Gasteiger partial charge in [0.1, 0.15) is 11.5 Å². The van der Waals surface area contributed by atoms with Crippen LogP contribution in [0.25, 0.3) is 0 Å². The molecule has 1 saturated heterocycles. The highest BCUT2D eigenvalue weighted by Gasteiger charge is 2.29. The van der Waals surface area contributed by atoms with Gasteiger partial charge in [-0.15, -0.1) is 0 Å². The highest BCUT2D eigenvalue weighted by atomic mass is 79.9. The molecular weight excluding hydrogens is 312 g/mol. The third-order valence-corrected chi connectivity index (χ3v) is 4.25. The Hall–Kier alpha value is -0.480. The normalized spacial score (nSPS) is 23.1. The number of halogens is 3. The van der Waals surface area contributed by atoms with Crippen molar-refractivity contribution in [1.82, 2.24) is 5.32 Å². The lowest BCUT2D eigenvalue weighted by molar-refractivity contribution is 0.146. The summed E-state index contributed by atoms with van der Waals surface area (Å²) in [5.74, 6) is -0.307. The van der Waals surface area contributed by atoms with Gasteiger partial charge in [-0.25, -0.2) is 8.78 Å². The largest absolute Gasteiger partial charge is 0.314 e. The van der Waals surface area contributed by atoms with Crippen LogP contribution in [-0.2, 0) is 6.42 Å².